The van der Waals surface area contributed by atoms with Crippen LogP contribution in [0.25, 0.3) is 0 Å². The van der Waals surface area contributed by atoms with Gasteiger partial charge in [0, 0.05) is 12.6 Å². The molecule has 0 saturated carbocycles. The SMILES string of the molecule is O=C(O)C(F)(F)F.O=C1CC(c2ccccc2)C(=O)N1c1ccc(S(=O)(=O)Nc2ccccn2)cc1. The molecule has 1 unspecified atom stereocenters. The lowest BCUT2D eigenvalue weighted by Crippen LogP contribution is -2.30. The monoisotopic (exact) mass is 521 g/mol. The number of imide groups is 1. The topological polar surface area (TPSA) is 134 Å². The number of carbonyl (C=O) groups is 3. The molecule has 0 spiro atoms. The second-order valence-electron chi connectivity index (χ2n) is 7.35. The molecule has 2 amide bonds. The quantitative estimate of drug-likeness (QED) is 0.491. The fraction of sp³-hybridized carbons (Fsp3) is 0.130. The molecule has 2 N–H and O–H groups in total. The summed E-state index contributed by atoms with van der Waals surface area (Å²) in [5.41, 5.74) is 1.13. The number of rotatable bonds is 5. The van der Waals surface area contributed by atoms with Crippen LogP contribution < -0.4 is 9.62 Å². The van der Waals surface area contributed by atoms with Crippen LogP contribution >= 0.6 is 0 Å². The van der Waals surface area contributed by atoms with Crippen molar-refractivity contribution in [2.45, 2.75) is 23.4 Å². The number of hydrogen-bond acceptors (Lipinski definition) is 6. The molecule has 1 aromatic heterocycles. The molecule has 188 valence electrons. The fourth-order valence-electron chi connectivity index (χ4n) is 3.24. The van der Waals surface area contributed by atoms with E-state index in [1.807, 2.05) is 30.3 Å². The minimum Gasteiger partial charge on any atom is -0.475 e. The van der Waals surface area contributed by atoms with Gasteiger partial charge in [-0.1, -0.05) is 36.4 Å². The Labute approximate surface area is 203 Å². The average molecular weight is 521 g/mol. The van der Waals surface area contributed by atoms with Crippen LogP contribution in [0.2, 0.25) is 0 Å². The number of benzene rings is 2. The zero-order valence-corrected chi connectivity index (χ0v) is 19.0. The molecule has 1 aliphatic rings. The molecule has 1 saturated heterocycles. The van der Waals surface area contributed by atoms with Crippen LogP contribution in [0.1, 0.15) is 17.9 Å². The summed E-state index contributed by atoms with van der Waals surface area (Å²) in [6, 6.07) is 19.6. The van der Waals surface area contributed by atoms with Crippen molar-refractivity contribution in [2.75, 3.05) is 9.62 Å². The van der Waals surface area contributed by atoms with Crippen molar-refractivity contribution in [1.82, 2.24) is 4.98 Å². The number of hydrogen-bond donors (Lipinski definition) is 2. The first-order chi connectivity index (χ1) is 16.9. The third-order valence-corrected chi connectivity index (χ3v) is 6.27. The van der Waals surface area contributed by atoms with E-state index in [4.69, 9.17) is 9.90 Å². The number of nitrogens with one attached hydrogen (secondary N) is 1. The molecule has 4 rings (SSSR count). The van der Waals surface area contributed by atoms with Crippen molar-refractivity contribution < 1.29 is 41.1 Å². The van der Waals surface area contributed by atoms with Crippen molar-refractivity contribution in [1.29, 1.82) is 0 Å². The zero-order chi connectivity index (χ0) is 26.5. The highest BCUT2D eigenvalue weighted by atomic mass is 32.2. The van der Waals surface area contributed by atoms with E-state index in [-0.39, 0.29) is 28.9 Å². The summed E-state index contributed by atoms with van der Waals surface area (Å²) in [4.78, 5) is 39.2. The molecule has 0 aliphatic carbocycles. The Morgan fingerprint density at radius 2 is 1.56 bits per heavy atom. The summed E-state index contributed by atoms with van der Waals surface area (Å²) in [7, 11) is -3.84. The predicted molar refractivity (Wildman–Crippen MR) is 121 cm³/mol. The molecule has 9 nitrogen and oxygen atoms in total. The van der Waals surface area contributed by atoms with Crippen molar-refractivity contribution in [3.63, 3.8) is 0 Å². The van der Waals surface area contributed by atoms with E-state index >= 15 is 0 Å². The second-order valence-corrected chi connectivity index (χ2v) is 9.03. The van der Waals surface area contributed by atoms with Gasteiger partial charge in [0.1, 0.15) is 5.82 Å². The lowest BCUT2D eigenvalue weighted by Gasteiger charge is -2.16. The number of amides is 2. The number of aromatic nitrogens is 1. The summed E-state index contributed by atoms with van der Waals surface area (Å²) < 4.78 is 59.1. The minimum absolute atomic E-state index is 0.00519. The molecule has 36 heavy (non-hydrogen) atoms. The maximum Gasteiger partial charge on any atom is 0.490 e. The first-order valence-corrected chi connectivity index (χ1v) is 11.6. The number of pyridine rings is 1. The molecule has 1 fully saturated rings. The molecule has 3 aromatic rings. The molecule has 0 bridgehead atoms. The number of carboxylic acid groups (broad SMARTS) is 1. The molecule has 2 heterocycles. The van der Waals surface area contributed by atoms with E-state index in [1.165, 1.54) is 36.5 Å². The number of halogens is 3. The fourth-order valence-corrected chi connectivity index (χ4v) is 4.25. The van der Waals surface area contributed by atoms with E-state index < -0.39 is 28.1 Å². The van der Waals surface area contributed by atoms with E-state index in [0.29, 0.717) is 5.69 Å². The summed E-state index contributed by atoms with van der Waals surface area (Å²) >= 11 is 0. The second kappa shape index (κ2) is 10.6. The van der Waals surface area contributed by atoms with Crippen molar-refractivity contribution >= 4 is 39.3 Å². The Balaban J connectivity index is 0.000000454. The van der Waals surface area contributed by atoms with Crippen LogP contribution in [-0.2, 0) is 24.4 Å². The third-order valence-electron chi connectivity index (χ3n) is 4.90. The summed E-state index contributed by atoms with van der Waals surface area (Å²) in [5, 5.41) is 7.12. The maximum absolute atomic E-state index is 12.8. The van der Waals surface area contributed by atoms with E-state index in [0.717, 1.165) is 10.5 Å². The van der Waals surface area contributed by atoms with Crippen LogP contribution in [0.3, 0.4) is 0 Å². The van der Waals surface area contributed by atoms with Crippen molar-refractivity contribution in [3.05, 3.63) is 84.6 Å². The van der Waals surface area contributed by atoms with Gasteiger partial charge in [-0.15, -0.1) is 0 Å². The van der Waals surface area contributed by atoms with Crippen molar-refractivity contribution in [3.8, 4) is 0 Å². The summed E-state index contributed by atoms with van der Waals surface area (Å²) in [5.74, 6) is -3.72. The molecule has 0 radical (unpaired) electrons. The lowest BCUT2D eigenvalue weighted by atomic mass is 9.98. The van der Waals surface area contributed by atoms with Crippen LogP contribution in [0.5, 0.6) is 0 Å². The number of carboxylic acids is 1. The largest absolute Gasteiger partial charge is 0.490 e. The van der Waals surface area contributed by atoms with Gasteiger partial charge in [0.2, 0.25) is 11.8 Å². The van der Waals surface area contributed by atoms with Crippen LogP contribution in [0.4, 0.5) is 24.7 Å². The van der Waals surface area contributed by atoms with Gasteiger partial charge < -0.3 is 5.11 Å². The van der Waals surface area contributed by atoms with Gasteiger partial charge >= 0.3 is 12.1 Å². The Morgan fingerprint density at radius 1 is 0.972 bits per heavy atom. The molecule has 1 atom stereocenters. The lowest BCUT2D eigenvalue weighted by molar-refractivity contribution is -0.192. The average Bonchev–Trinajstić information content (AvgIpc) is 3.13. The van der Waals surface area contributed by atoms with Gasteiger partial charge in [-0.2, -0.15) is 13.2 Å². The molecule has 13 heteroatoms. The number of aliphatic carboxylic acids is 1. The van der Waals surface area contributed by atoms with E-state index in [1.54, 1.807) is 12.1 Å². The first-order valence-electron chi connectivity index (χ1n) is 10.2. The highest BCUT2D eigenvalue weighted by molar-refractivity contribution is 7.92. The summed E-state index contributed by atoms with van der Waals surface area (Å²) in [6.45, 7) is 0. The molecular formula is C23H18F3N3O6S. The Kier molecular flexibility index (Phi) is 7.73. The van der Waals surface area contributed by atoms with Crippen LogP contribution in [0.15, 0.2) is 83.9 Å². The Morgan fingerprint density at radius 3 is 2.08 bits per heavy atom. The van der Waals surface area contributed by atoms with Gasteiger partial charge in [-0.05, 0) is 42.0 Å². The maximum atomic E-state index is 12.8. The highest BCUT2D eigenvalue weighted by Crippen LogP contribution is 2.33. The first kappa shape index (κ1) is 26.3. The Bertz CT molecular complexity index is 1350. The van der Waals surface area contributed by atoms with E-state index in [2.05, 4.69) is 9.71 Å². The van der Waals surface area contributed by atoms with Gasteiger partial charge in [0.05, 0.1) is 16.5 Å². The van der Waals surface area contributed by atoms with Crippen LogP contribution in [0, 0.1) is 0 Å². The third kappa shape index (κ3) is 6.24. The smallest absolute Gasteiger partial charge is 0.475 e. The van der Waals surface area contributed by atoms with Gasteiger partial charge in [0.25, 0.3) is 10.0 Å². The number of anilines is 2. The number of nitrogens with zero attached hydrogens (tertiary/aromatic N) is 2. The predicted octanol–water partition coefficient (Wildman–Crippen LogP) is 3.56. The Hall–Kier alpha value is -4.26. The van der Waals surface area contributed by atoms with Gasteiger partial charge in [-0.3, -0.25) is 19.2 Å². The number of alkyl halides is 3. The number of sulfonamides is 1. The van der Waals surface area contributed by atoms with Crippen molar-refractivity contribution in [2.24, 2.45) is 0 Å². The van der Waals surface area contributed by atoms with E-state index in [9.17, 15) is 31.2 Å². The molecule has 2 aromatic carbocycles. The van der Waals surface area contributed by atoms with Crippen LogP contribution in [-0.4, -0.2) is 42.5 Å². The minimum atomic E-state index is -5.08. The van der Waals surface area contributed by atoms with Gasteiger partial charge in [0.15, 0.2) is 0 Å². The van der Waals surface area contributed by atoms with Gasteiger partial charge in [-0.25, -0.2) is 18.2 Å². The normalized spacial score (nSPS) is 15.8. The zero-order valence-electron chi connectivity index (χ0n) is 18.2. The summed E-state index contributed by atoms with van der Waals surface area (Å²) in [6.07, 6.45) is -3.52. The molecular weight excluding hydrogens is 503 g/mol. The molecule has 1 aliphatic heterocycles. The number of carbonyl (C=O) groups excluding carboxylic acids is 2. The standard InChI is InChI=1S/C21H17N3O4S.C2HF3O2/c25-20-14-18(15-6-2-1-3-7-15)21(26)24(20)16-9-11-17(12-10-16)29(27,28)23-19-8-4-5-13-22-19;3-2(4,5)1(6)7/h1-13,18H,14H2,(H,22,23);(H,6,7). The highest BCUT2D eigenvalue weighted by Gasteiger charge is 2.40.